The minimum absolute atomic E-state index is 0.230. The predicted octanol–water partition coefficient (Wildman–Crippen LogP) is 0.965. The van der Waals surface area contributed by atoms with E-state index < -0.39 is 11.4 Å². The lowest BCUT2D eigenvalue weighted by atomic mass is 9.82. The second-order valence-corrected chi connectivity index (χ2v) is 4.88. The summed E-state index contributed by atoms with van der Waals surface area (Å²) in [7, 11) is 1.85. The highest BCUT2D eigenvalue weighted by molar-refractivity contribution is 5.74. The summed E-state index contributed by atoms with van der Waals surface area (Å²) in [5.74, 6) is -0.344. The quantitative estimate of drug-likeness (QED) is 0.845. The number of nitrogens with zero attached hydrogens (tertiary/aromatic N) is 6. The predicted molar refractivity (Wildman–Crippen MR) is 70.7 cm³/mol. The van der Waals surface area contributed by atoms with Crippen LogP contribution in [0.1, 0.15) is 26.7 Å². The second-order valence-electron chi connectivity index (χ2n) is 4.88. The van der Waals surface area contributed by atoms with Crippen LogP contribution in [-0.2, 0) is 18.4 Å². The Morgan fingerprint density at radius 3 is 2.60 bits per heavy atom. The van der Waals surface area contributed by atoms with Gasteiger partial charge in [0.2, 0.25) is 5.82 Å². The van der Waals surface area contributed by atoms with Gasteiger partial charge >= 0.3 is 5.97 Å². The molecule has 8 heteroatoms. The molecule has 20 heavy (non-hydrogen) atoms. The molecule has 0 aliphatic rings. The Morgan fingerprint density at radius 1 is 1.40 bits per heavy atom. The molecule has 0 radical (unpaired) electrons. The molecule has 1 N–H and O–H groups in total. The molecule has 108 valence electrons. The normalized spacial score (nSPS) is 11.8. The Labute approximate surface area is 116 Å². The van der Waals surface area contributed by atoms with E-state index >= 15 is 0 Å². The van der Waals surface area contributed by atoms with Crippen LogP contribution in [0.15, 0.2) is 12.5 Å². The monoisotopic (exact) mass is 278 g/mol. The number of aromatic nitrogens is 6. The molecule has 2 aromatic heterocycles. The summed E-state index contributed by atoms with van der Waals surface area (Å²) in [6, 6.07) is 0. The number of rotatable bonds is 6. The zero-order valence-electron chi connectivity index (χ0n) is 11.8. The number of aryl methyl sites for hydroxylation is 1. The van der Waals surface area contributed by atoms with Gasteiger partial charge in [0.15, 0.2) is 0 Å². The minimum atomic E-state index is -0.862. The van der Waals surface area contributed by atoms with Gasteiger partial charge in [-0.05, 0) is 23.3 Å². The number of carboxylic acid groups (broad SMARTS) is 1. The summed E-state index contributed by atoms with van der Waals surface area (Å²) in [4.78, 5) is 15.8. The number of hydrogen-bond donors (Lipinski definition) is 1. The van der Waals surface area contributed by atoms with Gasteiger partial charge in [0.05, 0.1) is 18.3 Å². The average molecular weight is 278 g/mol. The van der Waals surface area contributed by atoms with Gasteiger partial charge in [-0.25, -0.2) is 9.67 Å². The van der Waals surface area contributed by atoms with E-state index in [1.165, 1.54) is 4.68 Å². The molecule has 0 amide bonds. The van der Waals surface area contributed by atoms with Crippen molar-refractivity contribution in [2.75, 3.05) is 0 Å². The summed E-state index contributed by atoms with van der Waals surface area (Å²) >= 11 is 0. The standard InChI is InChI=1S/C12H18N6O2/c1-4-12(5-2,11(19)20)7-18-10(14-15-16-18)9-6-17(3)8-13-9/h6,8H,4-5,7H2,1-3H3,(H,19,20). The van der Waals surface area contributed by atoms with Crippen molar-refractivity contribution < 1.29 is 9.90 Å². The summed E-state index contributed by atoms with van der Waals surface area (Å²) in [6.07, 6.45) is 4.47. The van der Waals surface area contributed by atoms with Crippen LogP contribution in [0.4, 0.5) is 0 Å². The third-order valence-corrected chi connectivity index (χ3v) is 3.73. The Balaban J connectivity index is 2.35. The Hall–Kier alpha value is -2.25. The molecule has 2 heterocycles. The van der Waals surface area contributed by atoms with Crippen LogP contribution >= 0.6 is 0 Å². The topological polar surface area (TPSA) is 98.7 Å². The van der Waals surface area contributed by atoms with Gasteiger partial charge in [0.25, 0.3) is 0 Å². The third-order valence-electron chi connectivity index (χ3n) is 3.73. The fourth-order valence-corrected chi connectivity index (χ4v) is 2.15. The van der Waals surface area contributed by atoms with Crippen molar-refractivity contribution in [3.05, 3.63) is 12.5 Å². The van der Waals surface area contributed by atoms with Gasteiger partial charge in [-0.2, -0.15) is 0 Å². The Bertz CT molecular complexity index is 599. The van der Waals surface area contributed by atoms with Crippen molar-refractivity contribution >= 4 is 5.97 Å². The van der Waals surface area contributed by atoms with Crippen molar-refractivity contribution in [3.63, 3.8) is 0 Å². The number of aliphatic carboxylic acids is 1. The molecule has 0 saturated carbocycles. The lowest BCUT2D eigenvalue weighted by Crippen LogP contribution is -2.35. The van der Waals surface area contributed by atoms with Gasteiger partial charge in [-0.1, -0.05) is 13.8 Å². The lowest BCUT2D eigenvalue weighted by molar-refractivity contribution is -0.150. The first kappa shape index (κ1) is 14.2. The molecule has 0 aliphatic carbocycles. The molecule has 0 fully saturated rings. The molecule has 0 unspecified atom stereocenters. The average Bonchev–Trinajstić information content (AvgIpc) is 3.04. The molecule has 0 bridgehead atoms. The van der Waals surface area contributed by atoms with E-state index in [1.807, 2.05) is 20.9 Å². The smallest absolute Gasteiger partial charge is 0.311 e. The lowest BCUT2D eigenvalue weighted by Gasteiger charge is -2.26. The highest BCUT2D eigenvalue weighted by Crippen LogP contribution is 2.30. The number of hydrogen-bond acceptors (Lipinski definition) is 5. The molecule has 0 saturated heterocycles. The van der Waals surface area contributed by atoms with E-state index in [9.17, 15) is 9.90 Å². The van der Waals surface area contributed by atoms with Crippen molar-refractivity contribution in [2.24, 2.45) is 12.5 Å². The zero-order valence-corrected chi connectivity index (χ0v) is 11.8. The van der Waals surface area contributed by atoms with Crippen molar-refractivity contribution in [2.45, 2.75) is 33.2 Å². The first-order chi connectivity index (χ1) is 9.52. The second kappa shape index (κ2) is 5.40. The molecular formula is C12H18N6O2. The number of tetrazole rings is 1. The van der Waals surface area contributed by atoms with Gasteiger partial charge in [0.1, 0.15) is 5.69 Å². The Kier molecular flexibility index (Phi) is 3.82. The van der Waals surface area contributed by atoms with Crippen LogP contribution in [-0.4, -0.2) is 40.8 Å². The molecule has 0 spiro atoms. The van der Waals surface area contributed by atoms with Crippen molar-refractivity contribution in [3.8, 4) is 11.5 Å². The van der Waals surface area contributed by atoms with E-state index in [-0.39, 0.29) is 6.54 Å². The molecule has 0 aromatic carbocycles. The largest absolute Gasteiger partial charge is 0.481 e. The Morgan fingerprint density at radius 2 is 2.10 bits per heavy atom. The van der Waals surface area contributed by atoms with Crippen LogP contribution in [0, 0.1) is 5.41 Å². The number of carboxylic acids is 1. The van der Waals surface area contributed by atoms with Gasteiger partial charge in [-0.15, -0.1) is 5.10 Å². The molecule has 8 nitrogen and oxygen atoms in total. The molecule has 0 aliphatic heterocycles. The summed E-state index contributed by atoms with van der Waals surface area (Å²) < 4.78 is 3.31. The summed E-state index contributed by atoms with van der Waals surface area (Å²) in [6.45, 7) is 3.96. The third kappa shape index (κ3) is 2.40. The van der Waals surface area contributed by atoms with Crippen LogP contribution in [0.3, 0.4) is 0 Å². The van der Waals surface area contributed by atoms with Crippen LogP contribution in [0.25, 0.3) is 11.5 Å². The SMILES string of the molecule is CCC(CC)(Cn1nnnc1-c1cn(C)cn1)C(=O)O. The molecular weight excluding hydrogens is 260 g/mol. The number of imidazole rings is 1. The minimum Gasteiger partial charge on any atom is -0.481 e. The van der Waals surface area contributed by atoms with E-state index in [0.717, 1.165) is 0 Å². The highest BCUT2D eigenvalue weighted by Gasteiger charge is 2.36. The summed E-state index contributed by atoms with van der Waals surface area (Å²) in [5, 5.41) is 21.0. The van der Waals surface area contributed by atoms with E-state index in [4.69, 9.17) is 0 Å². The van der Waals surface area contributed by atoms with Crippen molar-refractivity contribution in [1.29, 1.82) is 0 Å². The number of carbonyl (C=O) groups is 1. The van der Waals surface area contributed by atoms with Crippen molar-refractivity contribution in [1.82, 2.24) is 29.8 Å². The molecule has 2 aromatic rings. The van der Waals surface area contributed by atoms with Gasteiger partial charge < -0.3 is 9.67 Å². The first-order valence-electron chi connectivity index (χ1n) is 6.50. The van der Waals surface area contributed by atoms with E-state index in [0.29, 0.717) is 24.4 Å². The molecule has 0 atom stereocenters. The fraction of sp³-hybridized carbons (Fsp3) is 0.583. The van der Waals surface area contributed by atoms with Gasteiger partial charge in [-0.3, -0.25) is 4.79 Å². The van der Waals surface area contributed by atoms with Gasteiger partial charge in [0, 0.05) is 13.2 Å². The maximum atomic E-state index is 11.6. The van der Waals surface area contributed by atoms with Crippen LogP contribution in [0.2, 0.25) is 0 Å². The highest BCUT2D eigenvalue weighted by atomic mass is 16.4. The maximum Gasteiger partial charge on any atom is 0.311 e. The fourth-order valence-electron chi connectivity index (χ4n) is 2.15. The molecule has 2 rings (SSSR count). The zero-order chi connectivity index (χ0) is 14.8. The van der Waals surface area contributed by atoms with Crippen LogP contribution < -0.4 is 0 Å². The van der Waals surface area contributed by atoms with Crippen LogP contribution in [0.5, 0.6) is 0 Å². The summed E-state index contributed by atoms with van der Waals surface area (Å²) in [5.41, 5.74) is -0.233. The first-order valence-corrected chi connectivity index (χ1v) is 6.50. The maximum absolute atomic E-state index is 11.6. The van der Waals surface area contributed by atoms with E-state index in [1.54, 1.807) is 17.1 Å². The van der Waals surface area contributed by atoms with E-state index in [2.05, 4.69) is 20.5 Å².